The molecule has 0 aliphatic carbocycles. The smallest absolute Gasteiger partial charge is 0.489 e. The Morgan fingerprint density at radius 3 is 1.53 bits per heavy atom. The van der Waals surface area contributed by atoms with Crippen molar-refractivity contribution in [2.45, 2.75) is 31.0 Å². The van der Waals surface area contributed by atoms with Gasteiger partial charge in [-0.25, -0.2) is 4.79 Å². The molecule has 0 fully saturated rings. The summed E-state index contributed by atoms with van der Waals surface area (Å²) in [6.07, 6.45) is -11.7. The average molecular weight is 290 g/mol. The Labute approximate surface area is 90.7 Å². The zero-order valence-corrected chi connectivity index (χ0v) is 9.34. The van der Waals surface area contributed by atoms with Gasteiger partial charge in [0.25, 0.3) is 0 Å². The van der Waals surface area contributed by atoms with Gasteiger partial charge in [-0.2, -0.15) is 35.1 Å². The highest BCUT2D eigenvalue weighted by Gasteiger charge is 2.71. The molecule has 0 spiro atoms. The highest BCUT2D eigenvalue weighted by Crippen LogP contribution is 2.43. The number of rotatable bonds is 2. The predicted molar refractivity (Wildman–Crippen MR) is 40.6 cm³/mol. The minimum Gasteiger partial charge on any atom is -0.506 e. The van der Waals surface area contributed by atoms with Crippen LogP contribution in [-0.4, -0.2) is 32.2 Å². The quantitative estimate of drug-likeness (QED) is 0.577. The number of hydrogen-bond acceptors (Lipinski definition) is 2. The Bertz CT molecular complexity index is 304. The van der Waals surface area contributed by atoms with Crippen molar-refractivity contribution in [3.05, 3.63) is 0 Å². The van der Waals surface area contributed by atoms with E-state index in [2.05, 4.69) is 4.43 Å². The largest absolute Gasteiger partial charge is 0.506 e. The molecule has 0 aromatic heterocycles. The number of carbonyl (C=O) groups is 1. The van der Waals surface area contributed by atoms with Gasteiger partial charge in [0, 0.05) is 0 Å². The maximum absolute atomic E-state index is 12.7. The van der Waals surface area contributed by atoms with Gasteiger partial charge < -0.3 is 4.43 Å². The first kappa shape index (κ1) is 16.1. The lowest BCUT2D eigenvalue weighted by Gasteiger charge is -2.32. The molecule has 102 valence electrons. The van der Waals surface area contributed by atoms with Gasteiger partial charge >= 0.3 is 32.2 Å². The van der Waals surface area contributed by atoms with Gasteiger partial charge in [-0.15, -0.1) is 0 Å². The summed E-state index contributed by atoms with van der Waals surface area (Å²) in [5, 5.41) is 0. The topological polar surface area (TPSA) is 26.3 Å². The van der Waals surface area contributed by atoms with Crippen LogP contribution in [0, 0.1) is 0 Å². The van der Waals surface area contributed by atoms with E-state index >= 15 is 0 Å². The zero-order chi connectivity index (χ0) is 14.3. The molecule has 17 heavy (non-hydrogen) atoms. The molecule has 2 nitrogen and oxygen atoms in total. The van der Waals surface area contributed by atoms with Crippen molar-refractivity contribution in [3.63, 3.8) is 0 Å². The third-order valence-corrected chi connectivity index (χ3v) is 4.18. The van der Waals surface area contributed by atoms with Crippen molar-refractivity contribution < 1.29 is 44.3 Å². The fraction of sp³-hybridized carbons (Fsp3) is 0.833. The van der Waals surface area contributed by atoms with Crippen LogP contribution in [0.5, 0.6) is 0 Å². The van der Waals surface area contributed by atoms with Crippen LogP contribution >= 0.6 is 0 Å². The van der Waals surface area contributed by atoms with Gasteiger partial charge in [-0.1, -0.05) is 0 Å². The van der Waals surface area contributed by atoms with Crippen molar-refractivity contribution in [2.75, 3.05) is 0 Å². The molecule has 0 aromatic carbocycles. The number of carbonyl (C=O) groups excluding carboxylic acids is 1. The Balaban J connectivity index is 5.12. The second-order valence-corrected chi connectivity index (χ2v) is 7.32. The van der Waals surface area contributed by atoms with Crippen LogP contribution in [0.1, 0.15) is 0 Å². The molecular formula is C6H6F8O2Si. The minimum absolute atomic E-state index is 0.171. The van der Waals surface area contributed by atoms with E-state index in [1.54, 1.807) is 0 Å². The molecule has 0 rings (SSSR count). The SMILES string of the molecule is C[Si](C)(OC(=O)C(F)(F)F)C(F)(F)C(F)(F)F. The highest BCUT2D eigenvalue weighted by atomic mass is 28.4. The fourth-order valence-electron chi connectivity index (χ4n) is 0.695. The minimum atomic E-state index is -6.07. The van der Waals surface area contributed by atoms with Gasteiger partial charge in [-0.3, -0.25) is 0 Å². The molecule has 0 aliphatic rings. The molecule has 0 bridgehead atoms. The van der Waals surface area contributed by atoms with Crippen LogP contribution in [0.15, 0.2) is 0 Å². The second kappa shape index (κ2) is 4.10. The Morgan fingerprint density at radius 1 is 0.941 bits per heavy atom. The Hall–Kier alpha value is -0.873. The predicted octanol–water partition coefficient (Wildman–Crippen LogP) is 3.03. The molecule has 0 saturated heterocycles. The number of halogens is 8. The average Bonchev–Trinajstić information content (AvgIpc) is 1.98. The van der Waals surface area contributed by atoms with Crippen molar-refractivity contribution >= 4 is 14.3 Å². The van der Waals surface area contributed by atoms with E-state index in [0.29, 0.717) is 0 Å². The molecule has 11 heteroatoms. The van der Waals surface area contributed by atoms with Crippen molar-refractivity contribution in [1.29, 1.82) is 0 Å². The molecular weight excluding hydrogens is 284 g/mol. The summed E-state index contributed by atoms with van der Waals surface area (Å²) in [5.41, 5.74) is -5.47. The van der Waals surface area contributed by atoms with Crippen LogP contribution in [0.3, 0.4) is 0 Å². The zero-order valence-electron chi connectivity index (χ0n) is 8.34. The highest BCUT2D eigenvalue weighted by molar-refractivity contribution is 6.75. The standard InChI is InChI=1S/C6H6F8O2Si/c1-17(2,6(13,14)5(10,11)12)16-3(15)4(7,8)9/h1-2H3. The van der Waals surface area contributed by atoms with Crippen LogP contribution in [0.4, 0.5) is 35.1 Å². The summed E-state index contributed by atoms with van der Waals surface area (Å²) >= 11 is 0. The lowest BCUT2D eigenvalue weighted by molar-refractivity contribution is -0.253. The molecule has 0 aromatic rings. The van der Waals surface area contributed by atoms with Gasteiger partial charge in [0.2, 0.25) is 0 Å². The van der Waals surface area contributed by atoms with E-state index in [1.807, 2.05) is 0 Å². The summed E-state index contributed by atoms with van der Waals surface area (Å²) in [6.45, 7) is 0.342. The van der Waals surface area contributed by atoms with Crippen LogP contribution in [-0.2, 0) is 9.22 Å². The van der Waals surface area contributed by atoms with Crippen molar-refractivity contribution in [1.82, 2.24) is 0 Å². The van der Waals surface area contributed by atoms with Gasteiger partial charge in [0.05, 0.1) is 0 Å². The molecule has 0 unspecified atom stereocenters. The molecule has 0 aliphatic heterocycles. The summed E-state index contributed by atoms with van der Waals surface area (Å²) in [6, 6.07) is 0. The lowest BCUT2D eigenvalue weighted by Crippen LogP contribution is -2.60. The van der Waals surface area contributed by atoms with Crippen molar-refractivity contribution in [3.8, 4) is 0 Å². The molecule has 0 radical (unpaired) electrons. The third-order valence-electron chi connectivity index (χ3n) is 1.69. The van der Waals surface area contributed by atoms with Gasteiger partial charge in [0.1, 0.15) is 0 Å². The van der Waals surface area contributed by atoms with Gasteiger partial charge in [0.15, 0.2) is 0 Å². The Kier molecular flexibility index (Phi) is 3.89. The molecule has 0 saturated carbocycles. The van der Waals surface area contributed by atoms with Crippen LogP contribution in [0.25, 0.3) is 0 Å². The maximum Gasteiger partial charge on any atom is 0.489 e. The molecule has 0 amide bonds. The normalized spacial score (nSPS) is 14.7. The van der Waals surface area contributed by atoms with E-state index < -0.39 is 32.2 Å². The summed E-state index contributed by atoms with van der Waals surface area (Å²) in [5.74, 6) is -3.06. The van der Waals surface area contributed by atoms with E-state index in [4.69, 9.17) is 0 Å². The van der Waals surface area contributed by atoms with Crippen molar-refractivity contribution in [2.24, 2.45) is 0 Å². The molecule has 0 N–H and O–H groups in total. The first-order valence-corrected chi connectivity index (χ1v) is 6.78. The second-order valence-electron chi connectivity index (χ2n) is 3.47. The summed E-state index contributed by atoms with van der Waals surface area (Å²) in [4.78, 5) is 10.2. The number of alkyl halides is 8. The van der Waals surface area contributed by atoms with E-state index in [1.165, 1.54) is 0 Å². The third kappa shape index (κ3) is 3.29. The molecule has 0 heterocycles. The van der Waals surface area contributed by atoms with E-state index in [0.717, 1.165) is 0 Å². The summed E-state index contributed by atoms with van der Waals surface area (Å²) in [7, 11) is -5.27. The van der Waals surface area contributed by atoms with Gasteiger partial charge in [-0.05, 0) is 13.1 Å². The van der Waals surface area contributed by atoms with E-state index in [9.17, 15) is 39.9 Å². The van der Waals surface area contributed by atoms with Crippen LogP contribution in [0.2, 0.25) is 13.1 Å². The maximum atomic E-state index is 12.7. The fourth-order valence-corrected chi connectivity index (χ4v) is 2.09. The van der Waals surface area contributed by atoms with E-state index in [-0.39, 0.29) is 13.1 Å². The first-order chi connectivity index (χ1) is 7.13. The first-order valence-electron chi connectivity index (χ1n) is 3.87. The van der Waals surface area contributed by atoms with Crippen LogP contribution < -0.4 is 0 Å². The summed E-state index contributed by atoms with van der Waals surface area (Å²) < 4.78 is 99.5. The number of hydrogen-bond donors (Lipinski definition) is 0. The lowest BCUT2D eigenvalue weighted by atomic mass is 10.7. The molecule has 0 atom stereocenters. The Morgan fingerprint density at radius 2 is 1.29 bits per heavy atom. The monoisotopic (exact) mass is 290 g/mol.